The molecule has 0 aromatic heterocycles. The lowest BCUT2D eigenvalue weighted by atomic mass is 10.1. The van der Waals surface area contributed by atoms with E-state index in [1.807, 2.05) is 6.92 Å². The van der Waals surface area contributed by atoms with Crippen LogP contribution in [0.3, 0.4) is 0 Å². The maximum absolute atomic E-state index is 13.1. The van der Waals surface area contributed by atoms with Crippen molar-refractivity contribution >= 4 is 17.5 Å². The number of fused-ring (bicyclic) bond motifs is 1. The van der Waals surface area contributed by atoms with E-state index in [4.69, 9.17) is 0 Å². The van der Waals surface area contributed by atoms with Crippen molar-refractivity contribution in [2.24, 2.45) is 0 Å². The quantitative estimate of drug-likeness (QED) is 0.613. The van der Waals surface area contributed by atoms with E-state index in [1.165, 1.54) is 17.8 Å². The van der Waals surface area contributed by atoms with Crippen LogP contribution in [0.1, 0.15) is 15.9 Å². The maximum Gasteiger partial charge on any atom is 0.177 e. The molecule has 0 unspecified atom stereocenters. The fourth-order valence-corrected chi connectivity index (χ4v) is 2.39. The van der Waals surface area contributed by atoms with Gasteiger partial charge in [-0.2, -0.15) is 0 Å². The second-order valence-corrected chi connectivity index (χ2v) is 3.77. The van der Waals surface area contributed by atoms with E-state index in [0.29, 0.717) is 11.3 Å². The smallest absolute Gasteiger partial charge is 0.177 e. The highest BCUT2D eigenvalue weighted by Crippen LogP contribution is 2.35. The number of hydrogen-bond donors (Lipinski definition) is 0. The molecule has 0 N–H and O–H groups in total. The van der Waals surface area contributed by atoms with E-state index < -0.39 is 0 Å². The molecule has 0 bridgehead atoms. The SMILES string of the molecule is Cc1ccc(F)c2c1SCC2=O. The summed E-state index contributed by atoms with van der Waals surface area (Å²) in [5.74, 6) is -0.0845. The molecule has 0 aliphatic carbocycles. The molecule has 12 heavy (non-hydrogen) atoms. The van der Waals surface area contributed by atoms with Crippen molar-refractivity contribution in [1.82, 2.24) is 0 Å². The highest BCUT2D eigenvalue weighted by Gasteiger charge is 2.25. The largest absolute Gasteiger partial charge is 0.293 e. The van der Waals surface area contributed by atoms with Crippen LogP contribution in [-0.4, -0.2) is 11.5 Å². The molecule has 1 aliphatic rings. The Bertz CT molecular complexity index is 360. The zero-order chi connectivity index (χ0) is 8.72. The molecule has 1 heterocycles. The van der Waals surface area contributed by atoms with Gasteiger partial charge in [-0.25, -0.2) is 4.39 Å². The first-order valence-corrected chi connectivity index (χ1v) is 4.64. The molecule has 1 aromatic rings. The minimum atomic E-state index is -0.384. The molecule has 1 aliphatic heterocycles. The van der Waals surface area contributed by atoms with Crippen molar-refractivity contribution in [2.45, 2.75) is 11.8 Å². The lowest BCUT2D eigenvalue weighted by molar-refractivity contribution is 0.101. The van der Waals surface area contributed by atoms with E-state index in [9.17, 15) is 9.18 Å². The van der Waals surface area contributed by atoms with Gasteiger partial charge in [0.25, 0.3) is 0 Å². The molecule has 2 rings (SSSR count). The number of benzene rings is 1. The Morgan fingerprint density at radius 2 is 2.25 bits per heavy atom. The van der Waals surface area contributed by atoms with Crippen LogP contribution < -0.4 is 0 Å². The van der Waals surface area contributed by atoms with Crippen LogP contribution in [0.4, 0.5) is 4.39 Å². The number of Topliss-reactive ketones (excluding diaryl/α,β-unsaturated/α-hetero) is 1. The van der Waals surface area contributed by atoms with E-state index in [-0.39, 0.29) is 11.6 Å². The zero-order valence-electron chi connectivity index (χ0n) is 6.56. The van der Waals surface area contributed by atoms with Gasteiger partial charge in [-0.15, -0.1) is 11.8 Å². The molecule has 0 atom stereocenters. The maximum atomic E-state index is 13.1. The number of rotatable bonds is 0. The molecule has 0 amide bonds. The number of hydrogen-bond acceptors (Lipinski definition) is 2. The molecule has 62 valence electrons. The van der Waals surface area contributed by atoms with E-state index >= 15 is 0 Å². The molecule has 0 saturated heterocycles. The fourth-order valence-electron chi connectivity index (χ4n) is 1.32. The molecule has 0 spiro atoms. The van der Waals surface area contributed by atoms with Crippen LogP contribution in [0.15, 0.2) is 17.0 Å². The van der Waals surface area contributed by atoms with Gasteiger partial charge in [0.1, 0.15) is 5.82 Å². The van der Waals surface area contributed by atoms with Crippen molar-refractivity contribution in [2.75, 3.05) is 5.75 Å². The van der Waals surface area contributed by atoms with Crippen LogP contribution in [-0.2, 0) is 0 Å². The van der Waals surface area contributed by atoms with Gasteiger partial charge in [0.15, 0.2) is 5.78 Å². The van der Waals surface area contributed by atoms with E-state index in [2.05, 4.69) is 0 Å². The van der Waals surface area contributed by atoms with Gasteiger partial charge in [0, 0.05) is 4.90 Å². The predicted molar refractivity (Wildman–Crippen MR) is 46.2 cm³/mol. The summed E-state index contributed by atoms with van der Waals surface area (Å²) in [6, 6.07) is 3.07. The summed E-state index contributed by atoms with van der Waals surface area (Å²) in [5, 5.41) is 0. The van der Waals surface area contributed by atoms with Crippen molar-refractivity contribution in [3.8, 4) is 0 Å². The molecule has 1 aromatic carbocycles. The highest BCUT2D eigenvalue weighted by atomic mass is 32.2. The number of halogens is 1. The lowest BCUT2D eigenvalue weighted by Gasteiger charge is -2.01. The van der Waals surface area contributed by atoms with Gasteiger partial charge in [-0.05, 0) is 18.6 Å². The average Bonchev–Trinajstić information content (AvgIpc) is 2.42. The van der Waals surface area contributed by atoms with Crippen LogP contribution in [0.25, 0.3) is 0 Å². The number of thioether (sulfide) groups is 1. The summed E-state index contributed by atoms with van der Waals surface area (Å²) in [7, 11) is 0. The number of aryl methyl sites for hydroxylation is 1. The van der Waals surface area contributed by atoms with Crippen molar-refractivity contribution < 1.29 is 9.18 Å². The molecule has 1 nitrogen and oxygen atoms in total. The normalized spacial score (nSPS) is 15.0. The summed E-state index contributed by atoms with van der Waals surface area (Å²) in [6.45, 7) is 1.89. The van der Waals surface area contributed by atoms with Crippen LogP contribution in [0.2, 0.25) is 0 Å². The number of carbonyl (C=O) groups is 1. The molecule has 0 fully saturated rings. The van der Waals surface area contributed by atoms with Crippen LogP contribution in [0, 0.1) is 12.7 Å². The summed E-state index contributed by atoms with van der Waals surface area (Å²) in [6.07, 6.45) is 0. The summed E-state index contributed by atoms with van der Waals surface area (Å²) < 4.78 is 13.1. The predicted octanol–water partition coefficient (Wildman–Crippen LogP) is 2.42. The van der Waals surface area contributed by atoms with E-state index in [1.54, 1.807) is 6.07 Å². The Hall–Kier alpha value is -0.830. The molecule has 0 radical (unpaired) electrons. The standard InChI is InChI=1S/C9H7FOS/c1-5-2-3-6(10)8-7(11)4-12-9(5)8/h2-3H,4H2,1H3. The fraction of sp³-hybridized carbons (Fsp3) is 0.222. The Labute approximate surface area is 74.0 Å². The monoisotopic (exact) mass is 182 g/mol. The van der Waals surface area contributed by atoms with Gasteiger partial charge in [-0.3, -0.25) is 4.79 Å². The van der Waals surface area contributed by atoms with Gasteiger partial charge >= 0.3 is 0 Å². The number of carbonyl (C=O) groups excluding carboxylic acids is 1. The highest BCUT2D eigenvalue weighted by molar-refractivity contribution is 8.00. The second kappa shape index (κ2) is 2.59. The molecule has 0 saturated carbocycles. The Kier molecular flexibility index (Phi) is 1.68. The summed E-state index contributed by atoms with van der Waals surface area (Å²) in [4.78, 5) is 12.0. The number of ketones is 1. The first-order valence-electron chi connectivity index (χ1n) is 3.65. The first kappa shape index (κ1) is 7.80. The Morgan fingerprint density at radius 3 is 2.92 bits per heavy atom. The third kappa shape index (κ3) is 0.966. The van der Waals surface area contributed by atoms with Crippen molar-refractivity contribution in [1.29, 1.82) is 0 Å². The summed E-state index contributed by atoms with van der Waals surface area (Å²) >= 11 is 1.43. The molecular formula is C9H7FOS. The topological polar surface area (TPSA) is 17.1 Å². The zero-order valence-corrected chi connectivity index (χ0v) is 7.37. The molecule has 3 heteroatoms. The minimum absolute atomic E-state index is 0.0869. The minimum Gasteiger partial charge on any atom is -0.293 e. The van der Waals surface area contributed by atoms with E-state index in [0.717, 1.165) is 10.5 Å². The Balaban J connectivity index is 2.72. The van der Waals surface area contributed by atoms with Crippen molar-refractivity contribution in [3.63, 3.8) is 0 Å². The molecular weight excluding hydrogens is 175 g/mol. The third-order valence-electron chi connectivity index (χ3n) is 1.93. The lowest BCUT2D eigenvalue weighted by Crippen LogP contribution is -1.99. The van der Waals surface area contributed by atoms with Gasteiger partial charge in [0.2, 0.25) is 0 Å². The third-order valence-corrected chi connectivity index (χ3v) is 3.15. The van der Waals surface area contributed by atoms with Crippen LogP contribution in [0.5, 0.6) is 0 Å². The van der Waals surface area contributed by atoms with Crippen molar-refractivity contribution in [3.05, 3.63) is 29.1 Å². The average molecular weight is 182 g/mol. The Morgan fingerprint density at radius 1 is 1.50 bits per heavy atom. The van der Waals surface area contributed by atoms with Gasteiger partial charge in [-0.1, -0.05) is 6.07 Å². The summed E-state index contributed by atoms with van der Waals surface area (Å²) in [5.41, 5.74) is 1.28. The van der Waals surface area contributed by atoms with Crippen LogP contribution >= 0.6 is 11.8 Å². The van der Waals surface area contributed by atoms with Gasteiger partial charge in [0.05, 0.1) is 11.3 Å². The second-order valence-electron chi connectivity index (χ2n) is 2.78. The first-order chi connectivity index (χ1) is 5.70. The van der Waals surface area contributed by atoms with Gasteiger partial charge < -0.3 is 0 Å².